The largest absolute Gasteiger partial charge is 0.461 e. The molecule has 8 nitrogen and oxygen atoms in total. The zero-order valence-electron chi connectivity index (χ0n) is 25.9. The number of carbonyl (C=O) groups is 4. The van der Waals surface area contributed by atoms with E-state index in [2.05, 4.69) is 0 Å². The minimum atomic E-state index is -2.61. The van der Waals surface area contributed by atoms with Crippen molar-refractivity contribution in [2.75, 3.05) is 0 Å². The van der Waals surface area contributed by atoms with Crippen LogP contribution in [0.5, 0.6) is 0 Å². The van der Waals surface area contributed by atoms with Crippen LogP contribution in [0.1, 0.15) is 89.0 Å². The van der Waals surface area contributed by atoms with Crippen LogP contribution in [0.25, 0.3) is 0 Å². The summed E-state index contributed by atoms with van der Waals surface area (Å²) in [5.74, 6) is -2.62. The van der Waals surface area contributed by atoms with Gasteiger partial charge in [-0.05, 0) is 70.9 Å². The summed E-state index contributed by atoms with van der Waals surface area (Å²) >= 11 is 0. The van der Waals surface area contributed by atoms with Crippen molar-refractivity contribution in [3.8, 4) is 0 Å². The van der Waals surface area contributed by atoms with Gasteiger partial charge in [-0.25, -0.2) is 4.79 Å². The molecule has 0 aromatic rings. The molecule has 0 fully saturated rings. The van der Waals surface area contributed by atoms with E-state index in [0.29, 0.717) is 0 Å². The molecule has 0 rings (SSSR count). The highest BCUT2D eigenvalue weighted by Crippen LogP contribution is 2.41. The normalized spacial score (nSPS) is 15.2. The smallest absolute Gasteiger partial charge is 0.337 e. The first kappa shape index (κ1) is 35.6. The molecule has 0 spiro atoms. The van der Waals surface area contributed by atoms with E-state index >= 15 is 0 Å². The lowest BCUT2D eigenvalue weighted by molar-refractivity contribution is -0.165. The lowest BCUT2D eigenvalue weighted by atomic mass is 10.0. The first-order valence-corrected chi connectivity index (χ1v) is 18.8. The maximum absolute atomic E-state index is 13.6. The molecule has 216 valence electrons. The van der Waals surface area contributed by atoms with Gasteiger partial charge in [0.1, 0.15) is 18.1 Å². The Labute approximate surface area is 226 Å². The molecule has 37 heavy (non-hydrogen) atoms. The van der Waals surface area contributed by atoms with Crippen molar-refractivity contribution in [3.05, 3.63) is 0 Å². The number of Topliss-reactive ketones (excluding diaryl/α,β-unsaturated/α-hetero) is 2. The molecule has 0 aliphatic heterocycles. The van der Waals surface area contributed by atoms with E-state index in [1.54, 1.807) is 34.6 Å². The number of rotatable bonds is 12. The molecule has 0 aromatic carbocycles. The summed E-state index contributed by atoms with van der Waals surface area (Å²) in [6, 6.07) is 0. The van der Waals surface area contributed by atoms with Crippen LogP contribution in [0.15, 0.2) is 0 Å². The highest BCUT2D eigenvalue weighted by Gasteiger charge is 2.49. The molecule has 2 atom stereocenters. The second kappa shape index (κ2) is 12.7. The summed E-state index contributed by atoms with van der Waals surface area (Å²) in [6.45, 7) is 28.6. The van der Waals surface area contributed by atoms with Gasteiger partial charge in [0.15, 0.2) is 34.3 Å². The van der Waals surface area contributed by atoms with E-state index in [9.17, 15) is 19.2 Å². The van der Waals surface area contributed by atoms with E-state index in [4.69, 9.17) is 18.3 Å². The third-order valence-electron chi connectivity index (χ3n) is 6.76. The molecule has 0 bridgehead atoms. The van der Waals surface area contributed by atoms with E-state index in [0.717, 1.165) is 0 Å². The first-order valence-electron chi connectivity index (χ1n) is 13.0. The van der Waals surface area contributed by atoms with Crippen LogP contribution < -0.4 is 0 Å². The molecular formula is C27H52O8Si2. The van der Waals surface area contributed by atoms with Crippen LogP contribution in [0.2, 0.25) is 36.3 Å². The zero-order valence-corrected chi connectivity index (χ0v) is 27.9. The van der Waals surface area contributed by atoms with Crippen molar-refractivity contribution in [2.45, 2.75) is 149 Å². The number of carbonyl (C=O) groups excluding carboxylic acids is 4. The quantitative estimate of drug-likeness (QED) is 0.163. The van der Waals surface area contributed by atoms with E-state index in [-0.39, 0.29) is 10.1 Å². The van der Waals surface area contributed by atoms with Crippen LogP contribution >= 0.6 is 0 Å². The van der Waals surface area contributed by atoms with Gasteiger partial charge in [-0.2, -0.15) is 0 Å². The van der Waals surface area contributed by atoms with Crippen LogP contribution in [0.3, 0.4) is 0 Å². The van der Waals surface area contributed by atoms with E-state index in [1.165, 1.54) is 0 Å². The third kappa shape index (κ3) is 11.9. The number of ketones is 2. The summed E-state index contributed by atoms with van der Waals surface area (Å²) in [6.07, 6.45) is -4.23. The SMILES string of the molecule is CC(C)OC(=O)[C@@H](O[Si](C)(C)C(C)(C)C)[C@H](O[Si](C)(C)C(C)(C)C)C(=O)CC(=O)CC(=O)OC(C)(C)C. The molecule has 0 amide bonds. The minimum absolute atomic E-state index is 0.263. The second-order valence-corrected chi connectivity index (χ2v) is 23.5. The molecular weight excluding hydrogens is 508 g/mol. The molecule has 0 aliphatic carbocycles. The van der Waals surface area contributed by atoms with Crippen molar-refractivity contribution >= 4 is 40.1 Å². The molecule has 10 heteroatoms. The molecule has 0 aromatic heterocycles. The van der Waals surface area contributed by atoms with Gasteiger partial charge in [-0.1, -0.05) is 41.5 Å². The monoisotopic (exact) mass is 560 g/mol. The zero-order chi connectivity index (χ0) is 29.8. The predicted octanol–water partition coefficient (Wildman–Crippen LogP) is 5.98. The lowest BCUT2D eigenvalue weighted by Gasteiger charge is -2.43. The van der Waals surface area contributed by atoms with Crippen molar-refractivity contribution in [1.29, 1.82) is 0 Å². The maximum Gasteiger partial charge on any atom is 0.337 e. The number of esters is 2. The van der Waals surface area contributed by atoms with Crippen molar-refractivity contribution in [3.63, 3.8) is 0 Å². The van der Waals surface area contributed by atoms with Gasteiger partial charge in [0.2, 0.25) is 0 Å². The number of ether oxygens (including phenoxy) is 2. The Hall–Kier alpha value is -1.37. The molecule has 0 N–H and O–H groups in total. The van der Waals surface area contributed by atoms with Crippen LogP contribution in [-0.2, 0) is 37.5 Å². The van der Waals surface area contributed by atoms with Gasteiger partial charge in [-0.3, -0.25) is 14.4 Å². The summed E-state index contributed by atoms with van der Waals surface area (Å²) in [5, 5.41) is -0.546. The second-order valence-electron chi connectivity index (χ2n) is 14.0. The Bertz CT molecular complexity index is 827. The van der Waals surface area contributed by atoms with Gasteiger partial charge in [0, 0.05) is 0 Å². The average Bonchev–Trinajstić information content (AvgIpc) is 2.59. The molecule has 0 heterocycles. The first-order chi connectivity index (χ1) is 16.2. The number of hydrogen-bond acceptors (Lipinski definition) is 8. The van der Waals surface area contributed by atoms with Gasteiger partial charge in [-0.15, -0.1) is 0 Å². The van der Waals surface area contributed by atoms with E-state index < -0.39 is 76.9 Å². The number of hydrogen-bond donors (Lipinski definition) is 0. The maximum atomic E-state index is 13.6. The Morgan fingerprint density at radius 3 is 1.43 bits per heavy atom. The Kier molecular flexibility index (Phi) is 12.2. The molecule has 0 radical (unpaired) electrons. The average molecular weight is 561 g/mol. The molecule has 0 unspecified atom stereocenters. The van der Waals surface area contributed by atoms with Gasteiger partial charge in [0.25, 0.3) is 0 Å². The van der Waals surface area contributed by atoms with Crippen molar-refractivity contribution in [1.82, 2.24) is 0 Å². The predicted molar refractivity (Wildman–Crippen MR) is 150 cm³/mol. The Balaban J connectivity index is 6.41. The van der Waals surface area contributed by atoms with Crippen molar-refractivity contribution < 1.29 is 37.5 Å². The molecule has 0 saturated carbocycles. The topological polar surface area (TPSA) is 105 Å². The van der Waals surface area contributed by atoms with E-state index in [1.807, 2.05) is 67.7 Å². The highest BCUT2D eigenvalue weighted by atomic mass is 28.4. The van der Waals surface area contributed by atoms with Gasteiger partial charge in [0.05, 0.1) is 12.5 Å². The third-order valence-corrected chi connectivity index (χ3v) is 15.7. The molecule has 0 saturated heterocycles. The standard InChI is InChI=1S/C27H52O8Si2/c1-18(2)32-24(31)23(35-37(14,15)27(9,10)11)22(34-36(12,13)26(6,7)8)20(29)16-19(28)17-21(30)33-25(3,4)5/h18,22-23H,16-17H2,1-15H3/t22-,23+/m1/s1. The fourth-order valence-electron chi connectivity index (χ4n) is 2.71. The minimum Gasteiger partial charge on any atom is -0.461 e. The fourth-order valence-corrected chi connectivity index (χ4v) is 5.17. The molecule has 0 aliphatic rings. The van der Waals surface area contributed by atoms with Crippen molar-refractivity contribution in [2.24, 2.45) is 0 Å². The van der Waals surface area contributed by atoms with Gasteiger partial charge < -0.3 is 18.3 Å². The summed E-state index contributed by atoms with van der Waals surface area (Å²) in [7, 11) is -5.19. The van der Waals surface area contributed by atoms with Crippen LogP contribution in [-0.4, -0.2) is 64.1 Å². The fraction of sp³-hybridized carbons (Fsp3) is 0.852. The highest BCUT2D eigenvalue weighted by molar-refractivity contribution is 6.75. The van der Waals surface area contributed by atoms with Crippen LogP contribution in [0.4, 0.5) is 0 Å². The Morgan fingerprint density at radius 2 is 1.08 bits per heavy atom. The van der Waals surface area contributed by atoms with Crippen LogP contribution in [0, 0.1) is 0 Å². The lowest BCUT2D eigenvalue weighted by Crippen LogP contribution is -2.57. The van der Waals surface area contributed by atoms with Gasteiger partial charge >= 0.3 is 11.9 Å². The summed E-state index contributed by atoms with van der Waals surface area (Å²) in [5.41, 5.74) is -0.752. The summed E-state index contributed by atoms with van der Waals surface area (Å²) in [4.78, 5) is 51.9. The Morgan fingerprint density at radius 1 is 0.676 bits per heavy atom. The summed E-state index contributed by atoms with van der Waals surface area (Å²) < 4.78 is 23.7.